The maximum atomic E-state index is 12.1. The molecule has 0 saturated heterocycles. The van der Waals surface area contributed by atoms with Gasteiger partial charge in [-0.25, -0.2) is 4.79 Å². The van der Waals surface area contributed by atoms with Gasteiger partial charge in [-0.15, -0.1) is 0 Å². The molecule has 2 rings (SSSR count). The summed E-state index contributed by atoms with van der Waals surface area (Å²) in [6.07, 6.45) is 4.00. The highest BCUT2D eigenvalue weighted by molar-refractivity contribution is 5.70. The predicted octanol–water partition coefficient (Wildman–Crippen LogP) is 3.15. The topological polar surface area (TPSA) is 42.4 Å². The van der Waals surface area contributed by atoms with E-state index in [2.05, 4.69) is 4.98 Å². The monoisotopic (exact) mass is 270 g/mol. The Morgan fingerprint density at radius 2 is 1.85 bits per heavy atom. The van der Waals surface area contributed by atoms with E-state index in [9.17, 15) is 4.79 Å². The van der Waals surface area contributed by atoms with Gasteiger partial charge in [0.1, 0.15) is 5.75 Å². The molecule has 0 aliphatic carbocycles. The zero-order valence-corrected chi connectivity index (χ0v) is 11.5. The summed E-state index contributed by atoms with van der Waals surface area (Å²) in [5.41, 5.74) is 1.16. The minimum absolute atomic E-state index is 0.312. The van der Waals surface area contributed by atoms with Gasteiger partial charge in [-0.1, -0.05) is 18.2 Å². The lowest BCUT2D eigenvalue weighted by atomic mass is 10.2. The van der Waals surface area contributed by atoms with Gasteiger partial charge in [0, 0.05) is 25.5 Å². The zero-order valence-electron chi connectivity index (χ0n) is 11.5. The first kappa shape index (κ1) is 14.1. The number of nitrogens with zero attached hydrogens (tertiary/aromatic N) is 2. The first-order valence-corrected chi connectivity index (χ1v) is 6.70. The van der Waals surface area contributed by atoms with Crippen LogP contribution in [0.1, 0.15) is 12.5 Å². The van der Waals surface area contributed by atoms with Crippen LogP contribution in [0.4, 0.5) is 4.79 Å². The largest absolute Gasteiger partial charge is 0.415 e. The molecule has 1 aromatic carbocycles. The summed E-state index contributed by atoms with van der Waals surface area (Å²) in [6.45, 7) is 3.20. The average molecular weight is 270 g/mol. The summed E-state index contributed by atoms with van der Waals surface area (Å²) in [5, 5.41) is 0. The number of benzene rings is 1. The van der Waals surface area contributed by atoms with Crippen LogP contribution in [0.5, 0.6) is 5.75 Å². The van der Waals surface area contributed by atoms with Crippen LogP contribution in [0, 0.1) is 0 Å². The van der Waals surface area contributed by atoms with Crippen LogP contribution in [0.2, 0.25) is 0 Å². The highest BCUT2D eigenvalue weighted by atomic mass is 16.6. The van der Waals surface area contributed by atoms with Crippen LogP contribution in [0.3, 0.4) is 0 Å². The third kappa shape index (κ3) is 4.09. The van der Waals surface area contributed by atoms with E-state index >= 15 is 0 Å². The molecule has 4 nitrogen and oxygen atoms in total. The molecule has 104 valence electrons. The van der Waals surface area contributed by atoms with Crippen molar-refractivity contribution >= 4 is 6.09 Å². The lowest BCUT2D eigenvalue weighted by Crippen LogP contribution is -2.35. The highest BCUT2D eigenvalue weighted by Gasteiger charge is 2.13. The van der Waals surface area contributed by atoms with Crippen LogP contribution in [-0.4, -0.2) is 29.1 Å². The average Bonchev–Trinajstić information content (AvgIpc) is 2.50. The van der Waals surface area contributed by atoms with Crippen LogP contribution < -0.4 is 4.74 Å². The lowest BCUT2D eigenvalue weighted by Gasteiger charge is -2.20. The molecule has 1 heterocycles. The fraction of sp³-hybridized carbons (Fsp3) is 0.250. The second-order valence-electron chi connectivity index (χ2n) is 4.37. The second-order valence-corrected chi connectivity index (χ2v) is 4.37. The third-order valence-electron chi connectivity index (χ3n) is 3.01. The molecular weight excluding hydrogens is 252 g/mol. The summed E-state index contributed by atoms with van der Waals surface area (Å²) in [5.74, 6) is 0.569. The number of likely N-dealkylation sites (N-methyl/N-ethyl adjacent to an activating group) is 1. The van der Waals surface area contributed by atoms with E-state index in [0.29, 0.717) is 18.8 Å². The quantitative estimate of drug-likeness (QED) is 0.838. The maximum absolute atomic E-state index is 12.1. The van der Waals surface area contributed by atoms with E-state index in [-0.39, 0.29) is 6.09 Å². The number of rotatable bonds is 5. The Morgan fingerprint density at radius 3 is 2.50 bits per heavy atom. The summed E-state index contributed by atoms with van der Waals surface area (Å²) >= 11 is 0. The molecular formula is C16H18N2O2. The van der Waals surface area contributed by atoms with Crippen molar-refractivity contribution in [2.45, 2.75) is 13.3 Å². The zero-order chi connectivity index (χ0) is 14.2. The van der Waals surface area contributed by atoms with Crippen molar-refractivity contribution in [3.8, 4) is 5.75 Å². The molecule has 20 heavy (non-hydrogen) atoms. The van der Waals surface area contributed by atoms with Crippen molar-refractivity contribution in [2.75, 3.05) is 13.1 Å². The molecule has 0 aliphatic rings. The minimum Gasteiger partial charge on any atom is -0.410 e. The smallest absolute Gasteiger partial charge is 0.410 e. The van der Waals surface area contributed by atoms with E-state index in [4.69, 9.17) is 4.74 Å². The number of pyridine rings is 1. The molecule has 0 saturated carbocycles. The van der Waals surface area contributed by atoms with Crippen LogP contribution in [-0.2, 0) is 6.42 Å². The van der Waals surface area contributed by atoms with Crippen molar-refractivity contribution < 1.29 is 9.53 Å². The molecule has 0 aliphatic heterocycles. The molecule has 0 radical (unpaired) electrons. The van der Waals surface area contributed by atoms with Crippen molar-refractivity contribution in [3.63, 3.8) is 0 Å². The summed E-state index contributed by atoms with van der Waals surface area (Å²) in [6, 6.07) is 13.0. The van der Waals surface area contributed by atoms with Gasteiger partial charge in [-0.05, 0) is 43.2 Å². The van der Waals surface area contributed by atoms with Crippen LogP contribution in [0.15, 0.2) is 54.9 Å². The normalized spacial score (nSPS) is 10.1. The Balaban J connectivity index is 1.89. The van der Waals surface area contributed by atoms with Gasteiger partial charge >= 0.3 is 6.09 Å². The molecule has 0 atom stereocenters. The Bertz CT molecular complexity index is 529. The van der Waals surface area contributed by atoms with E-state index in [1.165, 1.54) is 0 Å². The Labute approximate surface area is 119 Å². The van der Waals surface area contributed by atoms with E-state index in [0.717, 1.165) is 12.0 Å². The molecule has 0 N–H and O–H groups in total. The molecule has 0 spiro atoms. The van der Waals surface area contributed by atoms with Crippen molar-refractivity contribution in [1.82, 2.24) is 9.88 Å². The number of para-hydroxylation sites is 1. The van der Waals surface area contributed by atoms with Gasteiger partial charge < -0.3 is 9.64 Å². The van der Waals surface area contributed by atoms with E-state index in [1.54, 1.807) is 29.4 Å². The number of carbonyl (C=O) groups is 1. The van der Waals surface area contributed by atoms with Gasteiger partial charge in [0.2, 0.25) is 0 Å². The van der Waals surface area contributed by atoms with Crippen molar-refractivity contribution in [1.29, 1.82) is 0 Å². The first-order chi connectivity index (χ1) is 9.79. The third-order valence-corrected chi connectivity index (χ3v) is 3.01. The number of carbonyl (C=O) groups excluding carboxylic acids is 1. The first-order valence-electron chi connectivity index (χ1n) is 6.70. The minimum atomic E-state index is -0.312. The van der Waals surface area contributed by atoms with E-state index in [1.807, 2.05) is 37.3 Å². The SMILES string of the molecule is CCN(CCc1ccncc1)C(=O)Oc1ccccc1. The van der Waals surface area contributed by atoms with Crippen LogP contribution >= 0.6 is 0 Å². The van der Waals surface area contributed by atoms with Crippen molar-refractivity contribution in [3.05, 3.63) is 60.4 Å². The van der Waals surface area contributed by atoms with Crippen molar-refractivity contribution in [2.24, 2.45) is 0 Å². The summed E-state index contributed by atoms with van der Waals surface area (Å²) < 4.78 is 5.33. The molecule has 1 aromatic heterocycles. The number of ether oxygens (including phenoxy) is 1. The Kier molecular flexibility index (Phi) is 5.12. The molecule has 0 bridgehead atoms. The molecule has 1 amide bonds. The lowest BCUT2D eigenvalue weighted by molar-refractivity contribution is 0.155. The fourth-order valence-corrected chi connectivity index (χ4v) is 1.85. The van der Waals surface area contributed by atoms with Gasteiger partial charge in [0.05, 0.1) is 0 Å². The maximum Gasteiger partial charge on any atom is 0.415 e. The molecule has 0 fully saturated rings. The van der Waals surface area contributed by atoms with Gasteiger partial charge in [-0.2, -0.15) is 0 Å². The fourth-order valence-electron chi connectivity index (χ4n) is 1.85. The summed E-state index contributed by atoms with van der Waals surface area (Å²) in [7, 11) is 0. The van der Waals surface area contributed by atoms with E-state index < -0.39 is 0 Å². The number of hydrogen-bond acceptors (Lipinski definition) is 3. The Hall–Kier alpha value is -2.36. The van der Waals surface area contributed by atoms with Gasteiger partial charge in [0.25, 0.3) is 0 Å². The molecule has 2 aromatic rings. The highest BCUT2D eigenvalue weighted by Crippen LogP contribution is 2.10. The predicted molar refractivity (Wildman–Crippen MR) is 77.7 cm³/mol. The number of hydrogen-bond donors (Lipinski definition) is 0. The van der Waals surface area contributed by atoms with Gasteiger partial charge in [-0.3, -0.25) is 4.98 Å². The van der Waals surface area contributed by atoms with Crippen LogP contribution in [0.25, 0.3) is 0 Å². The Morgan fingerprint density at radius 1 is 1.15 bits per heavy atom. The molecule has 0 unspecified atom stereocenters. The second kappa shape index (κ2) is 7.28. The molecule has 4 heteroatoms. The summed E-state index contributed by atoms with van der Waals surface area (Å²) in [4.78, 5) is 17.7. The standard InChI is InChI=1S/C16H18N2O2/c1-2-18(13-10-14-8-11-17-12-9-14)16(19)20-15-6-4-3-5-7-15/h3-9,11-12H,2,10,13H2,1H3. The number of amides is 1. The number of aromatic nitrogens is 1. The van der Waals surface area contributed by atoms with Gasteiger partial charge in [0.15, 0.2) is 0 Å².